The van der Waals surface area contributed by atoms with Gasteiger partial charge in [-0.25, -0.2) is 13.9 Å². The average Bonchev–Trinajstić information content (AvgIpc) is 3.07. The van der Waals surface area contributed by atoms with Crippen LogP contribution in [0.2, 0.25) is 5.02 Å². The van der Waals surface area contributed by atoms with E-state index in [0.717, 1.165) is 0 Å². The summed E-state index contributed by atoms with van der Waals surface area (Å²) >= 11 is 6.19. The number of aromatic carboxylic acids is 1. The molecule has 7 nitrogen and oxygen atoms in total. The largest absolute Gasteiger partial charge is 0.495 e. The third kappa shape index (κ3) is 3.06. The highest BCUT2D eigenvalue weighted by Crippen LogP contribution is 2.37. The summed E-state index contributed by atoms with van der Waals surface area (Å²) in [4.78, 5) is 11.6. The minimum absolute atomic E-state index is 0.164. The molecule has 1 aromatic heterocycles. The van der Waals surface area contributed by atoms with Crippen molar-refractivity contribution >= 4 is 17.6 Å². The second kappa shape index (κ2) is 7.01. The lowest BCUT2D eigenvalue weighted by Gasteiger charge is -2.14. The van der Waals surface area contributed by atoms with E-state index in [2.05, 4.69) is 10.3 Å². The van der Waals surface area contributed by atoms with E-state index in [0.29, 0.717) is 22.7 Å². The lowest BCUT2D eigenvalue weighted by molar-refractivity contribution is 0.0691. The van der Waals surface area contributed by atoms with Gasteiger partial charge in [-0.15, -0.1) is 5.10 Å². The standard InChI is InChI=1S/C17H13ClFN3O4/c1-25-13-8-14(26-2)12(7-11(13)18)22-16(15(17(23)24)20-21-22)9-3-5-10(19)6-4-9/h3-8H,1-2H3,(H,23,24). The number of hydrogen-bond donors (Lipinski definition) is 1. The van der Waals surface area contributed by atoms with E-state index < -0.39 is 11.8 Å². The van der Waals surface area contributed by atoms with Gasteiger partial charge in [-0.2, -0.15) is 0 Å². The molecule has 0 amide bonds. The number of benzene rings is 2. The summed E-state index contributed by atoms with van der Waals surface area (Å²) in [7, 11) is 2.90. The van der Waals surface area contributed by atoms with Crippen LogP contribution < -0.4 is 9.47 Å². The van der Waals surface area contributed by atoms with Crippen molar-refractivity contribution in [1.82, 2.24) is 15.0 Å². The zero-order valence-corrected chi connectivity index (χ0v) is 14.5. The predicted octanol–water partition coefficient (Wildman–Crippen LogP) is 3.44. The van der Waals surface area contributed by atoms with Crippen LogP contribution in [0.15, 0.2) is 36.4 Å². The molecule has 0 aliphatic carbocycles. The van der Waals surface area contributed by atoms with Gasteiger partial charge >= 0.3 is 5.97 Å². The molecule has 0 saturated carbocycles. The highest BCUT2D eigenvalue weighted by atomic mass is 35.5. The third-order valence-corrected chi connectivity index (χ3v) is 3.97. The molecule has 1 N–H and O–H groups in total. The van der Waals surface area contributed by atoms with Gasteiger partial charge in [0, 0.05) is 11.6 Å². The summed E-state index contributed by atoms with van der Waals surface area (Å²) in [5, 5.41) is 17.4. The Hall–Kier alpha value is -3.13. The fraction of sp³-hybridized carbons (Fsp3) is 0.118. The Morgan fingerprint density at radius 2 is 1.81 bits per heavy atom. The molecule has 0 aliphatic rings. The Morgan fingerprint density at radius 1 is 1.15 bits per heavy atom. The lowest BCUT2D eigenvalue weighted by Crippen LogP contribution is -2.05. The highest BCUT2D eigenvalue weighted by Gasteiger charge is 2.24. The molecule has 3 aromatic rings. The van der Waals surface area contributed by atoms with Crippen LogP contribution in [-0.4, -0.2) is 40.3 Å². The SMILES string of the molecule is COc1cc(OC)c(-n2nnc(C(=O)O)c2-c2ccc(F)cc2)cc1Cl. The topological polar surface area (TPSA) is 86.5 Å². The minimum Gasteiger partial charge on any atom is -0.495 e. The first-order valence-corrected chi connectivity index (χ1v) is 7.71. The number of carboxylic acids is 1. The zero-order valence-electron chi connectivity index (χ0n) is 13.7. The number of rotatable bonds is 5. The Balaban J connectivity index is 2.28. The molecule has 3 rings (SSSR count). The van der Waals surface area contributed by atoms with Gasteiger partial charge in [0.15, 0.2) is 5.69 Å². The molecule has 0 fully saturated rings. The molecule has 0 atom stereocenters. The average molecular weight is 378 g/mol. The molecule has 2 aromatic carbocycles. The number of carboxylic acid groups (broad SMARTS) is 1. The molecule has 0 radical (unpaired) electrons. The fourth-order valence-electron chi connectivity index (χ4n) is 2.47. The maximum absolute atomic E-state index is 13.3. The van der Waals surface area contributed by atoms with Gasteiger partial charge in [-0.05, 0) is 30.3 Å². The maximum atomic E-state index is 13.3. The molecular formula is C17H13ClFN3O4. The van der Waals surface area contributed by atoms with Crippen LogP contribution in [0.25, 0.3) is 16.9 Å². The van der Waals surface area contributed by atoms with E-state index in [1.165, 1.54) is 49.2 Å². The number of ether oxygens (including phenoxy) is 2. The third-order valence-electron chi connectivity index (χ3n) is 3.67. The van der Waals surface area contributed by atoms with Crippen LogP contribution in [0.4, 0.5) is 4.39 Å². The minimum atomic E-state index is -1.27. The van der Waals surface area contributed by atoms with Crippen LogP contribution in [0.5, 0.6) is 11.5 Å². The van der Waals surface area contributed by atoms with Crippen molar-refractivity contribution in [3.05, 3.63) is 52.9 Å². The molecule has 1 heterocycles. The second-order valence-electron chi connectivity index (χ2n) is 5.17. The van der Waals surface area contributed by atoms with Gasteiger partial charge in [0.05, 0.1) is 19.2 Å². The van der Waals surface area contributed by atoms with Gasteiger partial charge in [0.2, 0.25) is 0 Å². The number of halogens is 2. The molecule has 134 valence electrons. The second-order valence-corrected chi connectivity index (χ2v) is 5.58. The molecular weight excluding hydrogens is 365 g/mol. The quantitative estimate of drug-likeness (QED) is 0.733. The molecule has 0 spiro atoms. The normalized spacial score (nSPS) is 10.6. The van der Waals surface area contributed by atoms with E-state index in [1.54, 1.807) is 6.07 Å². The van der Waals surface area contributed by atoms with E-state index in [4.69, 9.17) is 21.1 Å². The van der Waals surface area contributed by atoms with Crippen LogP contribution >= 0.6 is 11.6 Å². The molecule has 0 aliphatic heterocycles. The van der Waals surface area contributed by atoms with Crippen molar-refractivity contribution in [2.75, 3.05) is 14.2 Å². The Morgan fingerprint density at radius 3 is 2.38 bits per heavy atom. The first-order chi connectivity index (χ1) is 12.5. The number of methoxy groups -OCH3 is 2. The number of nitrogens with zero attached hydrogens (tertiary/aromatic N) is 3. The summed E-state index contributed by atoms with van der Waals surface area (Å²) in [6.07, 6.45) is 0. The van der Waals surface area contributed by atoms with E-state index in [9.17, 15) is 14.3 Å². The van der Waals surface area contributed by atoms with Crippen molar-refractivity contribution < 1.29 is 23.8 Å². The van der Waals surface area contributed by atoms with Crippen LogP contribution in [0.3, 0.4) is 0 Å². The van der Waals surface area contributed by atoms with Gasteiger partial charge in [-0.3, -0.25) is 0 Å². The molecule has 9 heteroatoms. The van der Waals surface area contributed by atoms with Crippen LogP contribution in [0, 0.1) is 5.82 Å². The van der Waals surface area contributed by atoms with Gasteiger partial charge in [0.25, 0.3) is 0 Å². The van der Waals surface area contributed by atoms with Crippen molar-refractivity contribution in [3.8, 4) is 28.4 Å². The molecule has 0 bridgehead atoms. The monoisotopic (exact) mass is 377 g/mol. The van der Waals surface area contributed by atoms with Crippen molar-refractivity contribution in [3.63, 3.8) is 0 Å². The lowest BCUT2D eigenvalue weighted by atomic mass is 10.1. The summed E-state index contributed by atoms with van der Waals surface area (Å²) in [6.45, 7) is 0. The number of hydrogen-bond acceptors (Lipinski definition) is 5. The Labute approximate surface area is 152 Å². The summed E-state index contributed by atoms with van der Waals surface area (Å²) < 4.78 is 25.0. The summed E-state index contributed by atoms with van der Waals surface area (Å²) in [5.41, 5.74) is 0.656. The van der Waals surface area contributed by atoms with Gasteiger partial charge in [-0.1, -0.05) is 16.8 Å². The van der Waals surface area contributed by atoms with Gasteiger partial charge < -0.3 is 14.6 Å². The Bertz CT molecular complexity index is 973. The molecule has 0 saturated heterocycles. The highest BCUT2D eigenvalue weighted by molar-refractivity contribution is 6.32. The first kappa shape index (κ1) is 17.7. The fourth-order valence-corrected chi connectivity index (χ4v) is 2.71. The number of carbonyl (C=O) groups is 1. The van der Waals surface area contributed by atoms with Crippen molar-refractivity contribution in [2.24, 2.45) is 0 Å². The van der Waals surface area contributed by atoms with Crippen molar-refractivity contribution in [2.45, 2.75) is 0 Å². The van der Waals surface area contributed by atoms with Crippen LogP contribution in [0.1, 0.15) is 10.5 Å². The van der Waals surface area contributed by atoms with Crippen LogP contribution in [-0.2, 0) is 0 Å². The predicted molar refractivity (Wildman–Crippen MR) is 91.8 cm³/mol. The Kier molecular flexibility index (Phi) is 4.77. The smallest absolute Gasteiger partial charge is 0.358 e. The maximum Gasteiger partial charge on any atom is 0.358 e. The molecule has 0 unspecified atom stereocenters. The summed E-state index contributed by atoms with van der Waals surface area (Å²) in [6, 6.07) is 8.39. The summed E-state index contributed by atoms with van der Waals surface area (Å²) in [5.74, 6) is -0.991. The van der Waals surface area contributed by atoms with E-state index in [1.807, 2.05) is 0 Å². The zero-order chi connectivity index (χ0) is 18.8. The van der Waals surface area contributed by atoms with Gasteiger partial charge in [0.1, 0.15) is 28.7 Å². The molecule has 26 heavy (non-hydrogen) atoms. The first-order valence-electron chi connectivity index (χ1n) is 7.33. The number of aromatic nitrogens is 3. The van der Waals surface area contributed by atoms with Crippen molar-refractivity contribution in [1.29, 1.82) is 0 Å². The van der Waals surface area contributed by atoms with E-state index >= 15 is 0 Å². The van der Waals surface area contributed by atoms with E-state index in [-0.39, 0.29) is 16.4 Å².